The second-order valence-electron chi connectivity index (χ2n) is 7.26. The van der Waals surface area contributed by atoms with E-state index in [1.807, 2.05) is 25.1 Å². The van der Waals surface area contributed by atoms with Crippen molar-refractivity contribution in [3.63, 3.8) is 0 Å². The zero-order chi connectivity index (χ0) is 20.8. The van der Waals surface area contributed by atoms with E-state index in [2.05, 4.69) is 20.6 Å². The highest BCUT2D eigenvalue weighted by molar-refractivity contribution is 6.42. The molecule has 1 aromatic carbocycles. The maximum Gasteiger partial charge on any atom is 0.258 e. The molecular formula is C20H25Cl2N5O2. The summed E-state index contributed by atoms with van der Waals surface area (Å²) < 4.78 is 5.49. The third-order valence-electron chi connectivity index (χ3n) is 4.79. The number of rotatable bonds is 7. The van der Waals surface area contributed by atoms with Crippen LogP contribution < -0.4 is 20.3 Å². The van der Waals surface area contributed by atoms with Gasteiger partial charge in [0.25, 0.3) is 5.91 Å². The van der Waals surface area contributed by atoms with Crippen LogP contribution in [0.3, 0.4) is 0 Å². The first kappa shape index (κ1) is 21.5. The van der Waals surface area contributed by atoms with Gasteiger partial charge in [-0.25, -0.2) is 4.98 Å². The SMILES string of the molecule is CN(C)c1ccnc(N[C@H]2CC[C@@H](NC(=O)COc3ccc(Cl)c(Cl)c3)CC2)n1. The van der Waals surface area contributed by atoms with Gasteiger partial charge in [-0.2, -0.15) is 4.98 Å². The summed E-state index contributed by atoms with van der Waals surface area (Å²) in [5, 5.41) is 7.28. The number of benzene rings is 1. The number of carbonyl (C=O) groups is 1. The van der Waals surface area contributed by atoms with Crippen LogP contribution in [0.2, 0.25) is 10.0 Å². The van der Waals surface area contributed by atoms with Gasteiger partial charge >= 0.3 is 0 Å². The molecule has 0 atom stereocenters. The molecule has 1 saturated carbocycles. The van der Waals surface area contributed by atoms with Crippen LogP contribution in [-0.4, -0.2) is 48.7 Å². The number of nitrogens with zero attached hydrogens (tertiary/aromatic N) is 3. The molecule has 2 N–H and O–H groups in total. The number of amides is 1. The number of aromatic nitrogens is 2. The Balaban J connectivity index is 1.40. The number of hydrogen-bond donors (Lipinski definition) is 2. The second-order valence-corrected chi connectivity index (χ2v) is 8.07. The Kier molecular flexibility index (Phi) is 7.39. The zero-order valence-corrected chi connectivity index (χ0v) is 18.0. The van der Waals surface area contributed by atoms with Crippen molar-refractivity contribution in [1.29, 1.82) is 0 Å². The molecule has 0 aliphatic heterocycles. The van der Waals surface area contributed by atoms with Crippen molar-refractivity contribution in [1.82, 2.24) is 15.3 Å². The first-order valence-corrected chi connectivity index (χ1v) is 10.3. The van der Waals surface area contributed by atoms with E-state index in [1.165, 1.54) is 0 Å². The number of nitrogens with one attached hydrogen (secondary N) is 2. The summed E-state index contributed by atoms with van der Waals surface area (Å²) in [6, 6.07) is 7.24. The Morgan fingerprint density at radius 2 is 1.86 bits per heavy atom. The van der Waals surface area contributed by atoms with Crippen LogP contribution in [0.1, 0.15) is 25.7 Å². The maximum absolute atomic E-state index is 12.2. The van der Waals surface area contributed by atoms with Gasteiger partial charge in [0, 0.05) is 38.4 Å². The Morgan fingerprint density at radius 1 is 1.14 bits per heavy atom. The van der Waals surface area contributed by atoms with Crippen molar-refractivity contribution >= 4 is 40.9 Å². The van der Waals surface area contributed by atoms with E-state index in [0.717, 1.165) is 31.5 Å². The van der Waals surface area contributed by atoms with Crippen LogP contribution >= 0.6 is 23.2 Å². The summed E-state index contributed by atoms with van der Waals surface area (Å²) in [6.45, 7) is -0.0543. The van der Waals surface area contributed by atoms with Gasteiger partial charge in [0.15, 0.2) is 6.61 Å². The van der Waals surface area contributed by atoms with E-state index in [9.17, 15) is 4.79 Å². The lowest BCUT2D eigenvalue weighted by Crippen LogP contribution is -2.42. The van der Waals surface area contributed by atoms with Crippen molar-refractivity contribution in [2.45, 2.75) is 37.8 Å². The van der Waals surface area contributed by atoms with E-state index in [-0.39, 0.29) is 18.6 Å². The fourth-order valence-corrected chi connectivity index (χ4v) is 3.51. The van der Waals surface area contributed by atoms with Gasteiger partial charge in [-0.05, 0) is 43.9 Å². The highest BCUT2D eigenvalue weighted by atomic mass is 35.5. The molecular weight excluding hydrogens is 413 g/mol. The summed E-state index contributed by atoms with van der Waals surface area (Å²) in [6.07, 6.45) is 5.42. The molecule has 1 heterocycles. The third-order valence-corrected chi connectivity index (χ3v) is 5.52. The normalized spacial score (nSPS) is 18.8. The molecule has 1 aliphatic carbocycles. The van der Waals surface area contributed by atoms with Gasteiger partial charge in [-0.3, -0.25) is 4.79 Å². The Hall–Kier alpha value is -2.25. The summed E-state index contributed by atoms with van der Waals surface area (Å²) >= 11 is 11.8. The van der Waals surface area contributed by atoms with Crippen molar-refractivity contribution in [2.75, 3.05) is 30.9 Å². The van der Waals surface area contributed by atoms with E-state index >= 15 is 0 Å². The van der Waals surface area contributed by atoms with Crippen LogP contribution in [0.4, 0.5) is 11.8 Å². The first-order chi connectivity index (χ1) is 13.9. The van der Waals surface area contributed by atoms with Crippen LogP contribution in [0.25, 0.3) is 0 Å². The number of hydrogen-bond acceptors (Lipinski definition) is 6. The molecule has 29 heavy (non-hydrogen) atoms. The summed E-state index contributed by atoms with van der Waals surface area (Å²) in [5.74, 6) is 1.88. The van der Waals surface area contributed by atoms with Crippen molar-refractivity contribution < 1.29 is 9.53 Å². The molecule has 2 aromatic rings. The first-order valence-electron chi connectivity index (χ1n) is 9.55. The number of halogens is 2. The predicted octanol–water partition coefficient (Wildman–Crippen LogP) is 3.77. The number of anilines is 2. The molecule has 1 amide bonds. The molecule has 0 radical (unpaired) electrons. The Morgan fingerprint density at radius 3 is 2.55 bits per heavy atom. The van der Waals surface area contributed by atoms with Gasteiger partial charge in [-0.1, -0.05) is 23.2 Å². The van der Waals surface area contributed by atoms with E-state index in [0.29, 0.717) is 27.8 Å². The Labute approximate surface area is 180 Å². The lowest BCUT2D eigenvalue weighted by atomic mass is 9.91. The monoisotopic (exact) mass is 437 g/mol. The largest absolute Gasteiger partial charge is 0.484 e. The van der Waals surface area contributed by atoms with Crippen LogP contribution in [0.5, 0.6) is 5.75 Å². The minimum atomic E-state index is -0.144. The predicted molar refractivity (Wildman–Crippen MR) is 116 cm³/mol. The molecule has 0 saturated heterocycles. The molecule has 3 rings (SSSR count). The molecule has 1 aliphatic rings. The standard InChI is InChI=1S/C20H25Cl2N5O2/c1-27(2)18-9-10-23-20(26-18)25-14-5-3-13(4-6-14)24-19(28)12-29-15-7-8-16(21)17(22)11-15/h7-11,13-14H,3-6,12H2,1-2H3,(H,24,28)(H,23,25,26)/t13-,14+. The number of ether oxygens (including phenoxy) is 1. The molecule has 0 spiro atoms. The molecule has 0 unspecified atom stereocenters. The van der Waals surface area contributed by atoms with Gasteiger partial charge in [0.1, 0.15) is 11.6 Å². The van der Waals surface area contributed by atoms with Crippen LogP contribution in [0.15, 0.2) is 30.5 Å². The molecule has 1 fully saturated rings. The fourth-order valence-electron chi connectivity index (χ4n) is 3.22. The van der Waals surface area contributed by atoms with Crippen LogP contribution in [0, 0.1) is 0 Å². The number of carbonyl (C=O) groups excluding carboxylic acids is 1. The molecule has 156 valence electrons. The van der Waals surface area contributed by atoms with Gasteiger partial charge in [0.2, 0.25) is 5.95 Å². The molecule has 9 heteroatoms. The lowest BCUT2D eigenvalue weighted by Gasteiger charge is -2.29. The third kappa shape index (κ3) is 6.37. The summed E-state index contributed by atoms with van der Waals surface area (Å²) in [7, 11) is 3.90. The zero-order valence-electron chi connectivity index (χ0n) is 16.5. The summed E-state index contributed by atoms with van der Waals surface area (Å²) in [4.78, 5) is 22.9. The molecule has 1 aromatic heterocycles. The minimum absolute atomic E-state index is 0.0543. The Bertz CT molecular complexity index is 841. The lowest BCUT2D eigenvalue weighted by molar-refractivity contribution is -0.124. The van der Waals surface area contributed by atoms with Gasteiger partial charge in [0.05, 0.1) is 10.0 Å². The van der Waals surface area contributed by atoms with Crippen molar-refractivity contribution in [2.24, 2.45) is 0 Å². The average Bonchev–Trinajstić information content (AvgIpc) is 2.70. The second kappa shape index (κ2) is 9.98. The van der Waals surface area contributed by atoms with Crippen molar-refractivity contribution in [3.05, 3.63) is 40.5 Å². The minimum Gasteiger partial charge on any atom is -0.484 e. The maximum atomic E-state index is 12.2. The highest BCUT2D eigenvalue weighted by Crippen LogP contribution is 2.26. The van der Waals surface area contributed by atoms with Gasteiger partial charge < -0.3 is 20.3 Å². The van der Waals surface area contributed by atoms with E-state index in [1.54, 1.807) is 24.4 Å². The van der Waals surface area contributed by atoms with E-state index < -0.39 is 0 Å². The topological polar surface area (TPSA) is 79.4 Å². The summed E-state index contributed by atoms with van der Waals surface area (Å²) in [5.41, 5.74) is 0. The van der Waals surface area contributed by atoms with E-state index in [4.69, 9.17) is 27.9 Å². The average molecular weight is 438 g/mol. The highest BCUT2D eigenvalue weighted by Gasteiger charge is 2.23. The quantitative estimate of drug-likeness (QED) is 0.685. The van der Waals surface area contributed by atoms with Crippen molar-refractivity contribution in [3.8, 4) is 5.75 Å². The smallest absolute Gasteiger partial charge is 0.258 e. The molecule has 7 nitrogen and oxygen atoms in total. The fraction of sp³-hybridized carbons (Fsp3) is 0.450. The van der Waals surface area contributed by atoms with Gasteiger partial charge in [-0.15, -0.1) is 0 Å². The molecule has 0 bridgehead atoms. The van der Waals surface area contributed by atoms with Crippen LogP contribution in [-0.2, 0) is 4.79 Å².